The topological polar surface area (TPSA) is 56.1 Å². The second kappa shape index (κ2) is 7.13. The van der Waals surface area contributed by atoms with Crippen molar-refractivity contribution >= 4 is 34.3 Å². The average Bonchev–Trinajstić information content (AvgIpc) is 3.16. The Hall–Kier alpha value is -1.57. The van der Waals surface area contributed by atoms with Crippen LogP contribution in [0.4, 0.5) is 5.82 Å². The number of ether oxygens (including phenoxy) is 1. The van der Waals surface area contributed by atoms with E-state index < -0.39 is 0 Å². The molecule has 0 bridgehead atoms. The van der Waals surface area contributed by atoms with Gasteiger partial charge in [-0.3, -0.25) is 4.79 Å². The third-order valence-electron chi connectivity index (χ3n) is 3.77. The van der Waals surface area contributed by atoms with Crippen LogP contribution in [0.5, 0.6) is 5.75 Å². The quantitative estimate of drug-likeness (QED) is 0.765. The highest BCUT2D eigenvalue weighted by molar-refractivity contribution is 14.1. The molecule has 1 N–H and O–H groups in total. The Morgan fingerprint density at radius 3 is 2.95 bits per heavy atom. The first-order valence-electron chi connectivity index (χ1n) is 7.44. The van der Waals surface area contributed by atoms with Crippen LogP contribution in [0.15, 0.2) is 36.5 Å². The van der Waals surface area contributed by atoms with Crippen LogP contribution in [0, 0.1) is 3.57 Å². The van der Waals surface area contributed by atoms with Gasteiger partial charge in [-0.2, -0.15) is 5.10 Å². The summed E-state index contributed by atoms with van der Waals surface area (Å²) < 4.78 is 8.52. The van der Waals surface area contributed by atoms with E-state index in [9.17, 15) is 4.79 Å². The van der Waals surface area contributed by atoms with Crippen LogP contribution in [0.25, 0.3) is 0 Å². The second-order valence-corrected chi connectivity index (χ2v) is 6.64. The number of anilines is 1. The molecule has 1 aliphatic carbocycles. The molecule has 22 heavy (non-hydrogen) atoms. The number of nitrogens with one attached hydrogen (secondary N) is 1. The van der Waals surface area contributed by atoms with Crippen molar-refractivity contribution < 1.29 is 9.53 Å². The Bertz CT molecular complexity index is 650. The standard InChI is InChI=1S/C16H18IN3O2/c17-12-4-3-7-14(10-12)22-11-16(21)19-15-8-9-18-20(15)13-5-1-2-6-13/h3-4,7-10,13H,1-2,5-6,11H2,(H,19,21). The van der Waals surface area contributed by atoms with Gasteiger partial charge in [-0.1, -0.05) is 18.9 Å². The van der Waals surface area contributed by atoms with Crippen LogP contribution in [0.1, 0.15) is 31.7 Å². The van der Waals surface area contributed by atoms with Gasteiger partial charge in [0.15, 0.2) is 6.61 Å². The number of amides is 1. The molecule has 0 aliphatic heterocycles. The third kappa shape index (κ3) is 3.79. The zero-order valence-corrected chi connectivity index (χ0v) is 14.3. The van der Waals surface area contributed by atoms with E-state index in [0.717, 1.165) is 22.2 Å². The SMILES string of the molecule is O=C(COc1cccc(I)c1)Nc1ccnn1C1CCCC1. The number of halogens is 1. The van der Waals surface area contributed by atoms with E-state index in [1.54, 1.807) is 6.20 Å². The van der Waals surface area contributed by atoms with Crippen LogP contribution >= 0.6 is 22.6 Å². The van der Waals surface area contributed by atoms with Crippen LogP contribution in [-0.4, -0.2) is 22.3 Å². The summed E-state index contributed by atoms with van der Waals surface area (Å²) in [6.07, 6.45) is 6.45. The summed E-state index contributed by atoms with van der Waals surface area (Å²) in [6.45, 7) is -0.00403. The molecule has 1 aromatic carbocycles. The number of rotatable bonds is 5. The van der Waals surface area contributed by atoms with Crippen molar-refractivity contribution in [3.63, 3.8) is 0 Å². The largest absolute Gasteiger partial charge is 0.484 e. The Morgan fingerprint density at radius 2 is 2.18 bits per heavy atom. The summed E-state index contributed by atoms with van der Waals surface area (Å²) in [5.41, 5.74) is 0. The number of hydrogen-bond donors (Lipinski definition) is 1. The average molecular weight is 411 g/mol. The Balaban J connectivity index is 1.57. The molecule has 0 saturated heterocycles. The van der Waals surface area contributed by atoms with E-state index in [1.807, 2.05) is 35.0 Å². The molecule has 116 valence electrons. The molecule has 2 aromatic rings. The predicted molar refractivity (Wildman–Crippen MR) is 93.0 cm³/mol. The third-order valence-corrected chi connectivity index (χ3v) is 4.45. The minimum atomic E-state index is -0.168. The van der Waals surface area contributed by atoms with E-state index >= 15 is 0 Å². The van der Waals surface area contributed by atoms with E-state index in [1.165, 1.54) is 12.8 Å². The fraction of sp³-hybridized carbons (Fsp3) is 0.375. The zero-order valence-electron chi connectivity index (χ0n) is 12.2. The molecule has 0 spiro atoms. The van der Waals surface area contributed by atoms with E-state index in [0.29, 0.717) is 11.8 Å². The van der Waals surface area contributed by atoms with E-state index in [4.69, 9.17) is 4.74 Å². The Labute approximate surface area is 143 Å². The second-order valence-electron chi connectivity index (χ2n) is 5.39. The number of carbonyl (C=O) groups excluding carboxylic acids is 1. The van der Waals surface area contributed by atoms with Gasteiger partial charge >= 0.3 is 0 Å². The number of carbonyl (C=O) groups is 1. The lowest BCUT2D eigenvalue weighted by Crippen LogP contribution is -2.23. The van der Waals surface area contributed by atoms with Gasteiger partial charge in [-0.25, -0.2) is 4.68 Å². The first-order valence-corrected chi connectivity index (χ1v) is 8.52. The van der Waals surface area contributed by atoms with Gasteiger partial charge in [0.2, 0.25) is 0 Å². The van der Waals surface area contributed by atoms with Crippen LogP contribution < -0.4 is 10.1 Å². The summed E-state index contributed by atoms with van der Waals surface area (Å²) in [5, 5.41) is 7.23. The van der Waals surface area contributed by atoms with Crippen LogP contribution in [0.2, 0.25) is 0 Å². The van der Waals surface area contributed by atoms with Crippen molar-refractivity contribution in [3.05, 3.63) is 40.1 Å². The molecule has 0 radical (unpaired) electrons. The molecule has 1 aromatic heterocycles. The lowest BCUT2D eigenvalue weighted by molar-refractivity contribution is -0.118. The monoisotopic (exact) mass is 411 g/mol. The highest BCUT2D eigenvalue weighted by Crippen LogP contribution is 2.31. The van der Waals surface area contributed by atoms with Crippen molar-refractivity contribution in [2.45, 2.75) is 31.7 Å². The summed E-state index contributed by atoms with van der Waals surface area (Å²) in [4.78, 5) is 12.1. The number of benzene rings is 1. The van der Waals surface area contributed by atoms with Gasteiger partial charge in [0.05, 0.1) is 12.2 Å². The minimum absolute atomic E-state index is 0.00403. The van der Waals surface area contributed by atoms with Crippen molar-refractivity contribution in [3.8, 4) is 5.75 Å². The van der Waals surface area contributed by atoms with Crippen molar-refractivity contribution in [1.82, 2.24) is 9.78 Å². The van der Waals surface area contributed by atoms with Gasteiger partial charge < -0.3 is 10.1 Å². The molecule has 5 nitrogen and oxygen atoms in total. The maximum Gasteiger partial charge on any atom is 0.263 e. The number of hydrogen-bond acceptors (Lipinski definition) is 3. The van der Waals surface area contributed by atoms with Crippen molar-refractivity contribution in [2.75, 3.05) is 11.9 Å². The summed E-state index contributed by atoms with van der Waals surface area (Å²) >= 11 is 2.21. The maximum absolute atomic E-state index is 12.1. The molecular formula is C16H18IN3O2. The molecule has 3 rings (SSSR count). The predicted octanol–water partition coefficient (Wildman–Crippen LogP) is 3.62. The molecule has 1 amide bonds. The fourth-order valence-electron chi connectivity index (χ4n) is 2.74. The van der Waals surface area contributed by atoms with Crippen LogP contribution in [0.3, 0.4) is 0 Å². The minimum Gasteiger partial charge on any atom is -0.484 e. The molecular weight excluding hydrogens is 393 g/mol. The van der Waals surface area contributed by atoms with Gasteiger partial charge in [0, 0.05) is 9.64 Å². The van der Waals surface area contributed by atoms with Crippen LogP contribution in [-0.2, 0) is 4.79 Å². The molecule has 0 atom stereocenters. The fourth-order valence-corrected chi connectivity index (χ4v) is 3.25. The molecule has 1 fully saturated rings. The van der Waals surface area contributed by atoms with E-state index in [-0.39, 0.29) is 12.5 Å². The summed E-state index contributed by atoms with van der Waals surface area (Å²) in [5.74, 6) is 1.29. The first kappa shape index (κ1) is 15.3. The molecule has 1 saturated carbocycles. The van der Waals surface area contributed by atoms with Gasteiger partial charge in [0.1, 0.15) is 11.6 Å². The van der Waals surface area contributed by atoms with Gasteiger partial charge in [0.25, 0.3) is 5.91 Å². The molecule has 6 heteroatoms. The highest BCUT2D eigenvalue weighted by atomic mass is 127. The lowest BCUT2D eigenvalue weighted by Gasteiger charge is -2.14. The number of nitrogens with zero attached hydrogens (tertiary/aromatic N) is 2. The Kier molecular flexibility index (Phi) is 4.97. The summed E-state index contributed by atoms with van der Waals surface area (Å²) in [6, 6.07) is 9.87. The van der Waals surface area contributed by atoms with Gasteiger partial charge in [-0.15, -0.1) is 0 Å². The first-order chi connectivity index (χ1) is 10.7. The molecule has 1 aliphatic rings. The number of aromatic nitrogens is 2. The smallest absolute Gasteiger partial charge is 0.263 e. The van der Waals surface area contributed by atoms with Gasteiger partial charge in [-0.05, 0) is 53.6 Å². The van der Waals surface area contributed by atoms with Crippen molar-refractivity contribution in [1.29, 1.82) is 0 Å². The maximum atomic E-state index is 12.1. The lowest BCUT2D eigenvalue weighted by atomic mass is 10.2. The zero-order chi connectivity index (χ0) is 15.4. The van der Waals surface area contributed by atoms with Crippen molar-refractivity contribution in [2.24, 2.45) is 0 Å². The summed E-state index contributed by atoms with van der Waals surface area (Å²) in [7, 11) is 0. The normalized spacial score (nSPS) is 15.0. The Morgan fingerprint density at radius 1 is 1.36 bits per heavy atom. The highest BCUT2D eigenvalue weighted by Gasteiger charge is 2.20. The van der Waals surface area contributed by atoms with E-state index in [2.05, 4.69) is 33.0 Å². The molecule has 0 unspecified atom stereocenters. The molecule has 1 heterocycles.